The second-order valence-electron chi connectivity index (χ2n) is 4.73. The monoisotopic (exact) mass is 265 g/mol. The smallest absolute Gasteiger partial charge is 0.0205 e. The van der Waals surface area contributed by atoms with Crippen LogP contribution in [-0.2, 0) is 6.54 Å². The van der Waals surface area contributed by atoms with Crippen LogP contribution in [0.15, 0.2) is 29.2 Å². The number of nitrogens with one attached hydrogen (secondary N) is 1. The van der Waals surface area contributed by atoms with Crippen LogP contribution in [-0.4, -0.2) is 12.3 Å². The van der Waals surface area contributed by atoms with Crippen LogP contribution in [0.2, 0.25) is 0 Å². The first-order valence-corrected chi connectivity index (χ1v) is 8.27. The molecule has 0 aliphatic carbocycles. The molecule has 0 bridgehead atoms. The molecule has 1 aromatic rings. The molecule has 0 saturated heterocycles. The summed E-state index contributed by atoms with van der Waals surface area (Å²) < 4.78 is 0. The second kappa shape index (κ2) is 10.5. The molecule has 0 fully saturated rings. The largest absolute Gasteiger partial charge is 0.313 e. The van der Waals surface area contributed by atoms with Crippen molar-refractivity contribution in [1.82, 2.24) is 5.32 Å². The first-order chi connectivity index (χ1) is 8.86. The summed E-state index contributed by atoms with van der Waals surface area (Å²) in [6, 6.07) is 8.95. The maximum absolute atomic E-state index is 3.45. The van der Waals surface area contributed by atoms with Gasteiger partial charge in [-0.25, -0.2) is 0 Å². The lowest BCUT2D eigenvalue weighted by Gasteiger charge is -2.06. The summed E-state index contributed by atoms with van der Waals surface area (Å²) >= 11 is 2.00. The highest BCUT2D eigenvalue weighted by atomic mass is 32.2. The van der Waals surface area contributed by atoms with Gasteiger partial charge in [0.2, 0.25) is 0 Å². The zero-order valence-electron chi connectivity index (χ0n) is 11.9. The lowest BCUT2D eigenvalue weighted by molar-refractivity contribution is 0.674. The normalized spacial score (nSPS) is 10.8. The molecule has 0 atom stereocenters. The molecule has 1 aromatic carbocycles. The number of thioether (sulfide) groups is 1. The fourth-order valence-electron chi connectivity index (χ4n) is 1.87. The molecule has 0 aromatic heterocycles. The Hall–Kier alpha value is -0.470. The Morgan fingerprint density at radius 2 is 1.94 bits per heavy atom. The molecule has 0 aliphatic heterocycles. The minimum atomic E-state index is 0.998. The lowest BCUT2D eigenvalue weighted by atomic mass is 10.2. The van der Waals surface area contributed by atoms with E-state index in [1.165, 1.54) is 48.3 Å². The van der Waals surface area contributed by atoms with Gasteiger partial charge >= 0.3 is 0 Å². The predicted molar refractivity (Wildman–Crippen MR) is 83.3 cm³/mol. The minimum Gasteiger partial charge on any atom is -0.313 e. The third-order valence-corrected chi connectivity index (χ3v) is 4.00. The van der Waals surface area contributed by atoms with Crippen molar-refractivity contribution in [2.45, 2.75) is 57.4 Å². The van der Waals surface area contributed by atoms with E-state index >= 15 is 0 Å². The Labute approximate surface area is 117 Å². The Morgan fingerprint density at radius 3 is 2.72 bits per heavy atom. The van der Waals surface area contributed by atoms with E-state index < -0.39 is 0 Å². The van der Waals surface area contributed by atoms with Crippen LogP contribution >= 0.6 is 11.8 Å². The van der Waals surface area contributed by atoms with Gasteiger partial charge in [-0.1, -0.05) is 45.2 Å². The molecule has 0 amide bonds. The number of hydrogen-bond donors (Lipinski definition) is 1. The van der Waals surface area contributed by atoms with Crippen molar-refractivity contribution < 1.29 is 0 Å². The third-order valence-electron chi connectivity index (χ3n) is 2.92. The van der Waals surface area contributed by atoms with E-state index in [0.717, 1.165) is 13.1 Å². The standard InChI is InChI=1S/C16H27NS/c1-3-5-6-7-12-18-16-10-8-9-15(13-16)14-17-11-4-2/h8-10,13,17H,3-7,11-12,14H2,1-2H3. The average Bonchev–Trinajstić information content (AvgIpc) is 2.39. The Kier molecular flexibility index (Phi) is 9.05. The van der Waals surface area contributed by atoms with Gasteiger partial charge in [-0.15, -0.1) is 11.8 Å². The van der Waals surface area contributed by atoms with E-state index in [-0.39, 0.29) is 0 Å². The highest BCUT2D eigenvalue weighted by Gasteiger charge is 1.97. The van der Waals surface area contributed by atoms with E-state index in [1.807, 2.05) is 11.8 Å². The first-order valence-electron chi connectivity index (χ1n) is 7.29. The maximum Gasteiger partial charge on any atom is 0.0205 e. The van der Waals surface area contributed by atoms with Gasteiger partial charge in [-0.2, -0.15) is 0 Å². The molecule has 0 aliphatic rings. The van der Waals surface area contributed by atoms with Crippen LogP contribution in [0, 0.1) is 0 Å². The van der Waals surface area contributed by atoms with Crippen molar-refractivity contribution in [3.05, 3.63) is 29.8 Å². The van der Waals surface area contributed by atoms with Crippen LogP contribution in [0.5, 0.6) is 0 Å². The van der Waals surface area contributed by atoms with Crippen LogP contribution < -0.4 is 5.32 Å². The average molecular weight is 265 g/mol. The molecule has 2 heteroatoms. The fourth-order valence-corrected chi connectivity index (χ4v) is 2.87. The van der Waals surface area contributed by atoms with E-state index in [0.29, 0.717) is 0 Å². The Balaban J connectivity index is 2.26. The molecule has 0 saturated carbocycles. The van der Waals surface area contributed by atoms with Crippen LogP contribution in [0.4, 0.5) is 0 Å². The number of rotatable bonds is 10. The number of benzene rings is 1. The second-order valence-corrected chi connectivity index (χ2v) is 5.90. The summed E-state index contributed by atoms with van der Waals surface area (Å²) in [4.78, 5) is 1.42. The third kappa shape index (κ3) is 7.07. The van der Waals surface area contributed by atoms with Gasteiger partial charge < -0.3 is 5.32 Å². The van der Waals surface area contributed by atoms with Gasteiger partial charge in [0.15, 0.2) is 0 Å². The van der Waals surface area contributed by atoms with Gasteiger partial charge in [0.05, 0.1) is 0 Å². The highest BCUT2D eigenvalue weighted by Crippen LogP contribution is 2.21. The van der Waals surface area contributed by atoms with Gasteiger partial charge in [0, 0.05) is 11.4 Å². The van der Waals surface area contributed by atoms with E-state index in [9.17, 15) is 0 Å². The summed E-state index contributed by atoms with van der Waals surface area (Å²) in [5.74, 6) is 1.26. The Bertz CT molecular complexity index is 312. The van der Waals surface area contributed by atoms with Crippen LogP contribution in [0.3, 0.4) is 0 Å². The summed E-state index contributed by atoms with van der Waals surface area (Å²) in [5.41, 5.74) is 1.40. The number of hydrogen-bond acceptors (Lipinski definition) is 2. The topological polar surface area (TPSA) is 12.0 Å². The Morgan fingerprint density at radius 1 is 1.06 bits per heavy atom. The van der Waals surface area contributed by atoms with Crippen molar-refractivity contribution in [3.8, 4) is 0 Å². The van der Waals surface area contributed by atoms with Crippen molar-refractivity contribution >= 4 is 11.8 Å². The summed E-state index contributed by atoms with van der Waals surface area (Å²) in [7, 11) is 0. The molecule has 1 rings (SSSR count). The lowest BCUT2D eigenvalue weighted by Crippen LogP contribution is -2.13. The fraction of sp³-hybridized carbons (Fsp3) is 0.625. The predicted octanol–water partition coefficient (Wildman–Crippen LogP) is 4.86. The van der Waals surface area contributed by atoms with Crippen molar-refractivity contribution in [1.29, 1.82) is 0 Å². The van der Waals surface area contributed by atoms with Gasteiger partial charge in [-0.3, -0.25) is 0 Å². The highest BCUT2D eigenvalue weighted by molar-refractivity contribution is 7.99. The number of unbranched alkanes of at least 4 members (excludes halogenated alkanes) is 3. The molecular weight excluding hydrogens is 238 g/mol. The maximum atomic E-state index is 3.45. The molecular formula is C16H27NS. The SMILES string of the molecule is CCCCCCSc1cccc(CNCCC)c1. The molecule has 0 radical (unpaired) electrons. The van der Waals surface area contributed by atoms with E-state index in [2.05, 4.69) is 43.4 Å². The molecule has 0 spiro atoms. The molecule has 1 nitrogen and oxygen atoms in total. The summed E-state index contributed by atoms with van der Waals surface area (Å²) in [6.45, 7) is 6.57. The summed E-state index contributed by atoms with van der Waals surface area (Å²) in [5, 5.41) is 3.45. The van der Waals surface area contributed by atoms with Crippen molar-refractivity contribution in [2.75, 3.05) is 12.3 Å². The van der Waals surface area contributed by atoms with Crippen LogP contribution in [0.1, 0.15) is 51.5 Å². The quantitative estimate of drug-likeness (QED) is 0.479. The van der Waals surface area contributed by atoms with Gasteiger partial charge in [-0.05, 0) is 42.8 Å². The molecule has 0 unspecified atom stereocenters. The molecule has 1 N–H and O–H groups in total. The van der Waals surface area contributed by atoms with Crippen molar-refractivity contribution in [3.63, 3.8) is 0 Å². The van der Waals surface area contributed by atoms with Gasteiger partial charge in [0.1, 0.15) is 0 Å². The molecule has 18 heavy (non-hydrogen) atoms. The zero-order valence-corrected chi connectivity index (χ0v) is 12.7. The molecule has 0 heterocycles. The van der Waals surface area contributed by atoms with E-state index in [1.54, 1.807) is 0 Å². The molecule has 102 valence electrons. The van der Waals surface area contributed by atoms with E-state index in [4.69, 9.17) is 0 Å². The van der Waals surface area contributed by atoms with Crippen molar-refractivity contribution in [2.24, 2.45) is 0 Å². The minimum absolute atomic E-state index is 0.998. The first kappa shape index (κ1) is 15.6. The zero-order chi connectivity index (χ0) is 13.1. The summed E-state index contributed by atoms with van der Waals surface area (Å²) in [6.07, 6.45) is 6.62. The van der Waals surface area contributed by atoms with Gasteiger partial charge in [0.25, 0.3) is 0 Å². The van der Waals surface area contributed by atoms with Crippen LogP contribution in [0.25, 0.3) is 0 Å².